The van der Waals surface area contributed by atoms with Gasteiger partial charge >= 0.3 is 0 Å². The molecule has 2 aromatic rings. The molecule has 4 bridgehead atoms. The van der Waals surface area contributed by atoms with E-state index in [4.69, 9.17) is 14.2 Å². The lowest BCUT2D eigenvalue weighted by Crippen LogP contribution is -2.81. The molecule has 1 amide bonds. The number of piperidine rings is 1. The van der Waals surface area contributed by atoms with Crippen LogP contribution >= 0.6 is 0 Å². The number of ether oxygens (including phenoxy) is 3. The molecule has 40 heavy (non-hydrogen) atoms. The van der Waals surface area contributed by atoms with Crippen molar-refractivity contribution in [2.24, 2.45) is 17.3 Å². The molecule has 2 unspecified atom stereocenters. The molecule has 6 nitrogen and oxygen atoms in total. The molecule has 9 rings (SSSR count). The first-order chi connectivity index (χ1) is 19.5. The van der Waals surface area contributed by atoms with E-state index >= 15 is 0 Å². The molecular formula is C34H42N2O4. The van der Waals surface area contributed by atoms with Crippen molar-refractivity contribution in [3.05, 3.63) is 59.2 Å². The molecule has 7 aliphatic rings. The molecule has 0 aromatic heterocycles. The Hall–Kier alpha value is -2.57. The van der Waals surface area contributed by atoms with Crippen molar-refractivity contribution >= 4 is 5.91 Å². The topological polar surface area (TPSA) is 51.2 Å². The quantitative estimate of drug-likeness (QED) is 0.472. The first-order valence-electron chi connectivity index (χ1n) is 15.4. The lowest BCUT2D eigenvalue weighted by molar-refractivity contribution is -0.278. The molecule has 6 atom stereocenters. The number of carbonyl (C=O) groups excluding carboxylic acids is 1. The number of hydrogen-bond donors (Lipinski definition) is 0. The van der Waals surface area contributed by atoms with Gasteiger partial charge in [-0.1, -0.05) is 36.4 Å². The van der Waals surface area contributed by atoms with E-state index in [2.05, 4.69) is 46.2 Å². The van der Waals surface area contributed by atoms with Crippen molar-refractivity contribution in [2.45, 2.75) is 81.6 Å². The Morgan fingerprint density at radius 1 is 1.10 bits per heavy atom. The fourth-order valence-electron chi connectivity index (χ4n) is 10.3. The molecule has 2 aromatic carbocycles. The summed E-state index contributed by atoms with van der Waals surface area (Å²) in [6, 6.07) is 15.3. The summed E-state index contributed by atoms with van der Waals surface area (Å²) in [5.74, 6) is 3.03. The average Bonchev–Trinajstić information content (AvgIpc) is 3.71. The van der Waals surface area contributed by atoms with Crippen molar-refractivity contribution in [3.8, 4) is 11.5 Å². The second kappa shape index (κ2) is 8.72. The maximum atomic E-state index is 13.1. The van der Waals surface area contributed by atoms with E-state index in [0.717, 1.165) is 56.1 Å². The van der Waals surface area contributed by atoms with E-state index in [0.29, 0.717) is 19.1 Å². The normalized spacial score (nSPS) is 36.6. The van der Waals surface area contributed by atoms with Crippen molar-refractivity contribution in [1.82, 2.24) is 9.80 Å². The molecule has 1 saturated heterocycles. The van der Waals surface area contributed by atoms with Crippen molar-refractivity contribution < 1.29 is 19.0 Å². The van der Waals surface area contributed by atoms with Gasteiger partial charge in [0.2, 0.25) is 5.91 Å². The Balaban J connectivity index is 1.25. The molecule has 6 heteroatoms. The molecule has 5 fully saturated rings. The molecule has 2 heterocycles. The Morgan fingerprint density at radius 3 is 2.65 bits per heavy atom. The lowest BCUT2D eigenvalue weighted by Gasteiger charge is -2.74. The van der Waals surface area contributed by atoms with E-state index in [-0.39, 0.29) is 28.8 Å². The van der Waals surface area contributed by atoms with E-state index < -0.39 is 5.60 Å². The van der Waals surface area contributed by atoms with Gasteiger partial charge in [-0.3, -0.25) is 9.69 Å². The smallest absolute Gasteiger partial charge is 0.219 e. The van der Waals surface area contributed by atoms with Crippen LogP contribution in [-0.2, 0) is 27.9 Å². The molecule has 4 saturated carbocycles. The van der Waals surface area contributed by atoms with Crippen molar-refractivity contribution in [1.29, 1.82) is 0 Å². The summed E-state index contributed by atoms with van der Waals surface area (Å²) in [5, 5.41) is 0. The lowest BCUT2D eigenvalue weighted by atomic mass is 9.34. The summed E-state index contributed by atoms with van der Waals surface area (Å²) in [7, 11) is 3.66. The van der Waals surface area contributed by atoms with Crippen LogP contribution in [0.2, 0.25) is 0 Å². The van der Waals surface area contributed by atoms with Crippen LogP contribution in [0, 0.1) is 17.3 Å². The van der Waals surface area contributed by atoms with Crippen LogP contribution in [0.5, 0.6) is 11.5 Å². The number of carbonyl (C=O) groups is 1. The zero-order valence-corrected chi connectivity index (χ0v) is 24.2. The third-order valence-electron chi connectivity index (χ3n) is 12.1. The van der Waals surface area contributed by atoms with Gasteiger partial charge in [-0.2, -0.15) is 0 Å². The number of benzene rings is 2. The largest absolute Gasteiger partial charge is 0.493 e. The van der Waals surface area contributed by atoms with E-state index in [1.54, 1.807) is 14.0 Å². The highest BCUT2D eigenvalue weighted by atomic mass is 16.6. The van der Waals surface area contributed by atoms with Gasteiger partial charge in [0.25, 0.3) is 0 Å². The highest BCUT2D eigenvalue weighted by Gasteiger charge is 2.80. The first-order valence-corrected chi connectivity index (χ1v) is 15.4. The summed E-state index contributed by atoms with van der Waals surface area (Å²) in [5.41, 5.74) is 3.69. The number of hydrogen-bond acceptors (Lipinski definition) is 5. The Bertz CT molecular complexity index is 1340. The zero-order valence-electron chi connectivity index (χ0n) is 24.2. The van der Waals surface area contributed by atoms with Crippen LogP contribution in [0.4, 0.5) is 0 Å². The monoisotopic (exact) mass is 542 g/mol. The van der Waals surface area contributed by atoms with Crippen LogP contribution in [0.15, 0.2) is 42.5 Å². The number of rotatable bonds is 8. The summed E-state index contributed by atoms with van der Waals surface area (Å²) < 4.78 is 19.8. The Kier molecular flexibility index (Phi) is 5.48. The average molecular weight is 543 g/mol. The summed E-state index contributed by atoms with van der Waals surface area (Å²) in [4.78, 5) is 18.0. The van der Waals surface area contributed by atoms with Crippen LogP contribution in [0.1, 0.15) is 62.1 Å². The highest BCUT2D eigenvalue weighted by Crippen LogP contribution is 2.76. The minimum Gasteiger partial charge on any atom is -0.493 e. The van der Waals surface area contributed by atoms with Crippen LogP contribution in [0.25, 0.3) is 0 Å². The van der Waals surface area contributed by atoms with Crippen LogP contribution in [0.3, 0.4) is 0 Å². The summed E-state index contributed by atoms with van der Waals surface area (Å²) in [6.07, 6.45) is 8.15. The molecule has 212 valence electrons. The second-order valence-corrected chi connectivity index (χ2v) is 13.6. The summed E-state index contributed by atoms with van der Waals surface area (Å²) >= 11 is 0. The van der Waals surface area contributed by atoms with Gasteiger partial charge in [-0.25, -0.2) is 0 Å². The number of fused-ring (bicyclic) bond motifs is 2. The zero-order chi connectivity index (χ0) is 27.3. The first kappa shape index (κ1) is 25.2. The SMILES string of the molecule is COc1ccc2c3c1O[C@@H]1C34CCN(CC3CC3)C(C2)[C@]42CC[C@@]1(OC)[C@@H](CN(Cc1ccccc1)C(C)=O)C2. The van der Waals surface area contributed by atoms with Crippen molar-refractivity contribution in [2.75, 3.05) is 33.9 Å². The number of amides is 1. The van der Waals surface area contributed by atoms with Crippen molar-refractivity contribution in [3.63, 3.8) is 0 Å². The van der Waals surface area contributed by atoms with Gasteiger partial charge in [0, 0.05) is 62.0 Å². The third kappa shape index (κ3) is 3.15. The highest BCUT2D eigenvalue weighted by molar-refractivity contribution is 5.73. The standard InChI is InChI=1S/C34H42N2O4/c1-22(37)36(20-23-7-5-4-6-8-23)21-26-18-32-13-14-34(26,39-3)31-33(32)15-16-35(19-24-9-10-24)28(32)17-25-11-12-27(38-2)30(40-31)29(25)33/h4-8,11-12,24,26,28,31H,9-10,13-21H2,1-3H3/t26-,28?,31-,32-,33?,34-/m1/s1. The second-order valence-electron chi connectivity index (χ2n) is 13.6. The Labute approximate surface area is 238 Å². The van der Waals surface area contributed by atoms with Gasteiger partial charge in [0.1, 0.15) is 11.7 Å². The van der Waals surface area contributed by atoms with E-state index in [9.17, 15) is 4.79 Å². The van der Waals surface area contributed by atoms with E-state index in [1.807, 2.05) is 13.2 Å². The molecule has 5 aliphatic carbocycles. The maximum Gasteiger partial charge on any atom is 0.219 e. The number of nitrogens with zero attached hydrogens (tertiary/aromatic N) is 2. The Morgan fingerprint density at radius 2 is 1.93 bits per heavy atom. The predicted octanol–water partition coefficient (Wildman–Crippen LogP) is 4.97. The minimum atomic E-state index is -0.437. The van der Waals surface area contributed by atoms with Gasteiger partial charge in [-0.05, 0) is 74.6 Å². The third-order valence-corrected chi connectivity index (χ3v) is 12.1. The van der Waals surface area contributed by atoms with Gasteiger partial charge in [0.05, 0.1) is 7.11 Å². The molecule has 2 aliphatic heterocycles. The minimum absolute atomic E-state index is 0.0551. The van der Waals surface area contributed by atoms with Crippen LogP contribution in [-0.4, -0.2) is 67.3 Å². The van der Waals surface area contributed by atoms with Gasteiger partial charge in [-0.15, -0.1) is 0 Å². The maximum absolute atomic E-state index is 13.1. The molecular weight excluding hydrogens is 500 g/mol. The fourth-order valence-corrected chi connectivity index (χ4v) is 10.3. The fraction of sp³-hybridized carbons (Fsp3) is 0.618. The van der Waals surface area contributed by atoms with Gasteiger partial charge in [0.15, 0.2) is 11.5 Å². The van der Waals surface area contributed by atoms with Crippen LogP contribution < -0.4 is 9.47 Å². The number of likely N-dealkylation sites (tertiary alicyclic amines) is 1. The molecule has 0 radical (unpaired) electrons. The predicted molar refractivity (Wildman–Crippen MR) is 153 cm³/mol. The molecule has 2 spiro atoms. The number of methoxy groups -OCH3 is 2. The van der Waals surface area contributed by atoms with Gasteiger partial charge < -0.3 is 19.1 Å². The van der Waals surface area contributed by atoms with E-state index in [1.165, 1.54) is 36.1 Å². The summed E-state index contributed by atoms with van der Waals surface area (Å²) in [6.45, 7) is 5.42. The molecule has 0 N–H and O–H groups in total.